The van der Waals surface area contributed by atoms with Crippen LogP contribution in [0.25, 0.3) is 54.9 Å². The van der Waals surface area contributed by atoms with E-state index in [1.807, 2.05) is 0 Å². The minimum Gasteiger partial charge on any atom is -0.310 e. The van der Waals surface area contributed by atoms with E-state index in [9.17, 15) is 0 Å². The van der Waals surface area contributed by atoms with Gasteiger partial charge in [-0.1, -0.05) is 172 Å². The maximum atomic E-state index is 2.53. The number of fused-ring (bicyclic) bond motifs is 16. The molecule has 3 aliphatic rings. The molecule has 0 heterocycles. The number of rotatable bonds is 3. The van der Waals surface area contributed by atoms with Gasteiger partial charge in [0.1, 0.15) is 0 Å². The molecule has 0 amide bonds. The quantitative estimate of drug-likeness (QED) is 0.166. The Hall–Kier alpha value is -6.70. The van der Waals surface area contributed by atoms with Gasteiger partial charge in [-0.3, -0.25) is 0 Å². The smallest absolute Gasteiger partial charge is 0.0726 e. The molecular weight excluding hydrogens is 663 g/mol. The van der Waals surface area contributed by atoms with E-state index >= 15 is 0 Å². The Labute approximate surface area is 321 Å². The first kappa shape index (κ1) is 30.7. The normalized spacial score (nSPS) is 14.7. The molecule has 12 rings (SSSR count). The number of benzene rings is 9. The Kier molecular flexibility index (Phi) is 6.11. The van der Waals surface area contributed by atoms with Crippen LogP contribution in [-0.4, -0.2) is 0 Å². The summed E-state index contributed by atoms with van der Waals surface area (Å²) in [5.41, 5.74) is 19.1. The largest absolute Gasteiger partial charge is 0.310 e. The third-order valence-corrected chi connectivity index (χ3v) is 13.1. The average Bonchev–Trinajstić information content (AvgIpc) is 3.79. The average molecular weight is 700 g/mol. The van der Waals surface area contributed by atoms with Crippen LogP contribution in [0.15, 0.2) is 188 Å². The lowest BCUT2D eigenvalue weighted by atomic mass is 9.70. The number of hydrogen-bond donors (Lipinski definition) is 0. The molecule has 9 aromatic rings. The van der Waals surface area contributed by atoms with E-state index in [0.717, 1.165) is 11.4 Å². The van der Waals surface area contributed by atoms with E-state index < -0.39 is 5.41 Å². The van der Waals surface area contributed by atoms with Crippen molar-refractivity contribution in [2.75, 3.05) is 4.90 Å². The highest BCUT2D eigenvalue weighted by molar-refractivity contribution is 6.13. The fourth-order valence-electron chi connectivity index (χ4n) is 10.7. The Morgan fingerprint density at radius 3 is 1.44 bits per heavy atom. The van der Waals surface area contributed by atoms with Crippen molar-refractivity contribution in [3.05, 3.63) is 221 Å². The minimum atomic E-state index is -0.419. The van der Waals surface area contributed by atoms with Gasteiger partial charge in [-0.05, 0) is 113 Å². The number of anilines is 3. The van der Waals surface area contributed by atoms with E-state index in [0.29, 0.717) is 0 Å². The maximum Gasteiger partial charge on any atom is 0.0726 e. The molecule has 1 nitrogen and oxygen atoms in total. The van der Waals surface area contributed by atoms with Crippen LogP contribution in [0.5, 0.6) is 0 Å². The second-order valence-electron chi connectivity index (χ2n) is 16.0. The zero-order valence-corrected chi connectivity index (χ0v) is 30.8. The van der Waals surface area contributed by atoms with Crippen molar-refractivity contribution in [1.82, 2.24) is 0 Å². The molecule has 0 aliphatic heterocycles. The summed E-state index contributed by atoms with van der Waals surface area (Å²) in [6.45, 7) is 4.75. The molecule has 0 N–H and O–H groups in total. The summed E-state index contributed by atoms with van der Waals surface area (Å²) in [6.07, 6.45) is 0. The Balaban J connectivity index is 1.16. The molecule has 0 saturated carbocycles. The molecular formula is C54H37N. The Morgan fingerprint density at radius 1 is 0.327 bits per heavy atom. The minimum absolute atomic E-state index is 0.122. The maximum absolute atomic E-state index is 2.53. The topological polar surface area (TPSA) is 3.24 Å². The molecule has 1 heteroatoms. The van der Waals surface area contributed by atoms with Crippen molar-refractivity contribution in [2.24, 2.45) is 0 Å². The predicted octanol–water partition coefficient (Wildman–Crippen LogP) is 14.1. The van der Waals surface area contributed by atoms with E-state index in [1.165, 1.54) is 94.0 Å². The van der Waals surface area contributed by atoms with Crippen LogP contribution in [0.1, 0.15) is 47.2 Å². The molecule has 1 spiro atoms. The molecule has 258 valence electrons. The predicted molar refractivity (Wildman–Crippen MR) is 230 cm³/mol. The van der Waals surface area contributed by atoms with Crippen molar-refractivity contribution in [3.63, 3.8) is 0 Å². The van der Waals surface area contributed by atoms with Gasteiger partial charge in [0, 0.05) is 22.2 Å². The highest BCUT2D eigenvalue weighted by atomic mass is 15.1. The van der Waals surface area contributed by atoms with Crippen LogP contribution in [0, 0.1) is 0 Å². The van der Waals surface area contributed by atoms with Crippen molar-refractivity contribution in [3.8, 4) is 33.4 Å². The third-order valence-electron chi connectivity index (χ3n) is 13.1. The Bertz CT molecular complexity index is 3030. The van der Waals surface area contributed by atoms with Gasteiger partial charge >= 0.3 is 0 Å². The highest BCUT2D eigenvalue weighted by Gasteiger charge is 2.51. The number of hydrogen-bond acceptors (Lipinski definition) is 1. The second kappa shape index (κ2) is 10.9. The molecule has 0 saturated heterocycles. The van der Waals surface area contributed by atoms with Crippen LogP contribution in [-0.2, 0) is 10.8 Å². The standard InChI is InChI=1S/C54H37N/c1-53(2)46-21-9-5-16-39(46)43-30-27-35(32-50(43)53)55(52-25-13-20-38-37-15-4-3-14-34(37)26-29-45(38)52)36-28-31-44-42-19-8-12-24-49(42)54(51(44)33-36)47-22-10-6-17-40(47)41-18-7-11-23-48(41)54/h3-33H,1-2H3. The van der Waals surface area contributed by atoms with Crippen molar-refractivity contribution < 1.29 is 0 Å². The van der Waals surface area contributed by atoms with Gasteiger partial charge < -0.3 is 4.90 Å². The fraction of sp³-hybridized carbons (Fsp3) is 0.0741. The van der Waals surface area contributed by atoms with Crippen molar-refractivity contribution in [1.29, 1.82) is 0 Å². The molecule has 0 radical (unpaired) electrons. The summed E-state index contributed by atoms with van der Waals surface area (Å²) in [6, 6.07) is 70.8. The summed E-state index contributed by atoms with van der Waals surface area (Å²) in [5.74, 6) is 0. The van der Waals surface area contributed by atoms with Crippen LogP contribution >= 0.6 is 0 Å². The highest BCUT2D eigenvalue weighted by Crippen LogP contribution is 2.63. The van der Waals surface area contributed by atoms with Gasteiger partial charge in [0.2, 0.25) is 0 Å². The molecule has 0 fully saturated rings. The summed E-state index contributed by atoms with van der Waals surface area (Å²) in [7, 11) is 0. The van der Waals surface area contributed by atoms with Crippen molar-refractivity contribution >= 4 is 38.6 Å². The van der Waals surface area contributed by atoms with Gasteiger partial charge in [0.25, 0.3) is 0 Å². The second-order valence-corrected chi connectivity index (χ2v) is 16.0. The van der Waals surface area contributed by atoms with Crippen LogP contribution in [0.2, 0.25) is 0 Å². The summed E-state index contributed by atoms with van der Waals surface area (Å²) in [5, 5.41) is 5.03. The summed E-state index contributed by atoms with van der Waals surface area (Å²) in [4.78, 5) is 2.53. The molecule has 3 aliphatic carbocycles. The van der Waals surface area contributed by atoms with Crippen LogP contribution in [0.4, 0.5) is 17.1 Å². The first-order valence-corrected chi connectivity index (χ1v) is 19.4. The van der Waals surface area contributed by atoms with Gasteiger partial charge in [0.05, 0.1) is 11.1 Å². The molecule has 0 aromatic heterocycles. The first-order chi connectivity index (χ1) is 27.0. The fourth-order valence-corrected chi connectivity index (χ4v) is 10.7. The lowest BCUT2D eigenvalue weighted by Gasteiger charge is -2.33. The van der Waals surface area contributed by atoms with E-state index in [-0.39, 0.29) is 5.41 Å². The lowest BCUT2D eigenvalue weighted by Crippen LogP contribution is -2.26. The molecule has 55 heavy (non-hydrogen) atoms. The van der Waals surface area contributed by atoms with E-state index in [4.69, 9.17) is 0 Å². The zero-order chi connectivity index (χ0) is 36.5. The lowest BCUT2D eigenvalue weighted by molar-refractivity contribution is 0.660. The summed E-state index contributed by atoms with van der Waals surface area (Å²) >= 11 is 0. The van der Waals surface area contributed by atoms with Crippen LogP contribution < -0.4 is 4.90 Å². The third kappa shape index (κ3) is 3.92. The zero-order valence-electron chi connectivity index (χ0n) is 30.8. The summed E-state index contributed by atoms with van der Waals surface area (Å²) < 4.78 is 0. The van der Waals surface area contributed by atoms with Gasteiger partial charge in [-0.25, -0.2) is 0 Å². The SMILES string of the molecule is CC1(C)c2ccccc2-c2ccc(N(c3ccc4c(c3)C3(c5ccccc5-c5ccccc53)c3ccccc3-4)c3cccc4c3ccc3ccccc34)cc21. The number of nitrogens with zero attached hydrogens (tertiary/aromatic N) is 1. The monoisotopic (exact) mass is 699 g/mol. The van der Waals surface area contributed by atoms with Crippen molar-refractivity contribution in [2.45, 2.75) is 24.7 Å². The van der Waals surface area contributed by atoms with Crippen LogP contribution in [0.3, 0.4) is 0 Å². The molecule has 9 aromatic carbocycles. The molecule has 0 atom stereocenters. The molecule has 0 bridgehead atoms. The van der Waals surface area contributed by atoms with E-state index in [1.54, 1.807) is 0 Å². The van der Waals surface area contributed by atoms with E-state index in [2.05, 4.69) is 207 Å². The molecule has 0 unspecified atom stereocenters. The first-order valence-electron chi connectivity index (χ1n) is 19.4. The Morgan fingerprint density at radius 2 is 0.800 bits per heavy atom. The van der Waals surface area contributed by atoms with Gasteiger partial charge in [-0.2, -0.15) is 0 Å². The van der Waals surface area contributed by atoms with Gasteiger partial charge in [0.15, 0.2) is 0 Å². The van der Waals surface area contributed by atoms with Gasteiger partial charge in [-0.15, -0.1) is 0 Å².